The molecule has 224 valence electrons. The van der Waals surface area contributed by atoms with Gasteiger partial charge in [-0.2, -0.15) is 0 Å². The fourth-order valence-electron chi connectivity index (χ4n) is 5.31. The van der Waals surface area contributed by atoms with Crippen LogP contribution in [-0.2, 0) is 16.0 Å². The van der Waals surface area contributed by atoms with Crippen molar-refractivity contribution in [1.82, 2.24) is 4.98 Å². The van der Waals surface area contributed by atoms with Gasteiger partial charge in [0.25, 0.3) is 0 Å². The molecule has 1 fully saturated rings. The Kier molecular flexibility index (Phi) is 9.36. The van der Waals surface area contributed by atoms with Crippen molar-refractivity contribution in [2.24, 2.45) is 5.41 Å². The molecule has 2 aromatic carbocycles. The minimum absolute atomic E-state index is 0.160. The van der Waals surface area contributed by atoms with E-state index >= 15 is 0 Å². The summed E-state index contributed by atoms with van der Waals surface area (Å²) in [7, 11) is 0. The Hall–Kier alpha value is -3.78. The number of aryl methyl sites for hydroxylation is 1. The number of nitrogens with zero attached hydrogens (tertiary/aromatic N) is 2. The number of hydrogen-bond acceptors (Lipinski definition) is 6. The van der Waals surface area contributed by atoms with Crippen molar-refractivity contribution in [3.05, 3.63) is 76.9 Å². The molecule has 0 saturated carbocycles. The third kappa shape index (κ3) is 7.53. The fraction of sp³-hybridized carbons (Fsp3) is 0.441. The third-order valence-electron chi connectivity index (χ3n) is 7.64. The average Bonchev–Trinajstić information content (AvgIpc) is 2.92. The van der Waals surface area contributed by atoms with E-state index in [0.717, 1.165) is 30.3 Å². The van der Waals surface area contributed by atoms with Crippen molar-refractivity contribution in [1.29, 1.82) is 0 Å². The molecule has 0 radical (unpaired) electrons. The molecule has 1 aliphatic rings. The molecular formula is C34H41FN2O5. The zero-order valence-corrected chi connectivity index (χ0v) is 25.4. The molecule has 8 heteroatoms. The molecule has 1 aliphatic heterocycles. The Morgan fingerprint density at radius 2 is 1.71 bits per heavy atom. The van der Waals surface area contributed by atoms with E-state index in [2.05, 4.69) is 23.7 Å². The van der Waals surface area contributed by atoms with E-state index < -0.39 is 17.7 Å². The topological polar surface area (TPSA) is 89.0 Å². The number of anilines is 1. The quantitative estimate of drug-likeness (QED) is 0.255. The largest absolute Gasteiger partial charge is 0.493 e. The van der Waals surface area contributed by atoms with E-state index in [4.69, 9.17) is 9.47 Å². The zero-order valence-electron chi connectivity index (χ0n) is 25.4. The van der Waals surface area contributed by atoms with Crippen LogP contribution in [0.5, 0.6) is 5.75 Å². The Bertz CT molecular complexity index is 1400. The smallest absolute Gasteiger partial charge is 0.337 e. The molecule has 7 nitrogen and oxygen atoms in total. The summed E-state index contributed by atoms with van der Waals surface area (Å²) < 4.78 is 25.2. The van der Waals surface area contributed by atoms with Gasteiger partial charge in [-0.05, 0) is 81.3 Å². The summed E-state index contributed by atoms with van der Waals surface area (Å²) in [5, 5.41) is 10.3. The zero-order chi connectivity index (χ0) is 30.7. The number of halogens is 1. The van der Waals surface area contributed by atoms with Crippen molar-refractivity contribution >= 4 is 17.9 Å². The molecule has 4 rings (SSSR count). The summed E-state index contributed by atoms with van der Waals surface area (Å²) in [6.07, 6.45) is 1.93. The standard InChI is InChI=1S/C34H41FN2O5/c1-22-28(31(32(39)40)42-33(2,3)4)30(37-18-16-34(5,6)17-19-37)29(27(21-38)36-22)24-9-13-26(14-10-24)41-20-15-23-7-11-25(35)12-8-23/h7-14,21,31H,15-20H2,1-6H3,(H,39,40). The highest BCUT2D eigenvalue weighted by atomic mass is 19.1. The van der Waals surface area contributed by atoms with E-state index in [1.54, 1.807) is 19.1 Å². The summed E-state index contributed by atoms with van der Waals surface area (Å²) in [6, 6.07) is 13.7. The number of aliphatic carboxylic acids is 1. The summed E-state index contributed by atoms with van der Waals surface area (Å²) >= 11 is 0. The van der Waals surface area contributed by atoms with Gasteiger partial charge >= 0.3 is 5.97 Å². The van der Waals surface area contributed by atoms with Crippen molar-refractivity contribution in [2.45, 2.75) is 72.5 Å². The lowest BCUT2D eigenvalue weighted by molar-refractivity contribution is -0.160. The first-order valence-corrected chi connectivity index (χ1v) is 14.4. The Balaban J connectivity index is 1.75. The van der Waals surface area contributed by atoms with Gasteiger partial charge in [0.15, 0.2) is 12.4 Å². The van der Waals surface area contributed by atoms with Crippen LogP contribution in [0.2, 0.25) is 0 Å². The van der Waals surface area contributed by atoms with Gasteiger partial charge in [-0.25, -0.2) is 14.2 Å². The van der Waals surface area contributed by atoms with Crippen LogP contribution in [0.4, 0.5) is 10.1 Å². The van der Waals surface area contributed by atoms with Crippen LogP contribution in [0.1, 0.15) is 80.9 Å². The van der Waals surface area contributed by atoms with E-state index in [1.807, 2.05) is 45.0 Å². The van der Waals surface area contributed by atoms with E-state index in [0.29, 0.717) is 54.4 Å². The first-order valence-electron chi connectivity index (χ1n) is 14.4. The van der Waals surface area contributed by atoms with E-state index in [9.17, 15) is 19.1 Å². The lowest BCUT2D eigenvalue weighted by Crippen LogP contribution is -2.39. The third-order valence-corrected chi connectivity index (χ3v) is 7.64. The van der Waals surface area contributed by atoms with Crippen LogP contribution in [0.15, 0.2) is 48.5 Å². The summed E-state index contributed by atoms with van der Waals surface area (Å²) in [5.74, 6) is -0.733. The number of aldehydes is 1. The molecule has 0 spiro atoms. The number of benzene rings is 2. The molecule has 0 amide bonds. The lowest BCUT2D eigenvalue weighted by atomic mass is 9.81. The van der Waals surface area contributed by atoms with Crippen molar-refractivity contribution < 1.29 is 28.6 Å². The minimum Gasteiger partial charge on any atom is -0.493 e. The Morgan fingerprint density at radius 3 is 2.26 bits per heavy atom. The Labute approximate surface area is 247 Å². The number of aromatic nitrogens is 1. The highest BCUT2D eigenvalue weighted by Gasteiger charge is 2.36. The van der Waals surface area contributed by atoms with Gasteiger partial charge in [0.1, 0.15) is 17.3 Å². The van der Waals surface area contributed by atoms with Crippen LogP contribution < -0.4 is 9.64 Å². The van der Waals surface area contributed by atoms with Crippen LogP contribution >= 0.6 is 0 Å². The van der Waals surface area contributed by atoms with Crippen LogP contribution in [-0.4, -0.2) is 47.6 Å². The SMILES string of the molecule is Cc1nc(C=O)c(-c2ccc(OCCc3ccc(F)cc3)cc2)c(N2CCC(C)(C)CC2)c1C(OC(C)(C)C)C(=O)O. The predicted molar refractivity (Wildman–Crippen MR) is 162 cm³/mol. The number of carboxylic acid groups (broad SMARTS) is 1. The molecule has 1 aromatic heterocycles. The van der Waals surface area contributed by atoms with Crippen molar-refractivity contribution in [3.63, 3.8) is 0 Å². The highest BCUT2D eigenvalue weighted by molar-refractivity contribution is 5.95. The monoisotopic (exact) mass is 576 g/mol. The normalized spacial score (nSPS) is 15.7. The lowest BCUT2D eigenvalue weighted by Gasteiger charge is -2.41. The van der Waals surface area contributed by atoms with Crippen LogP contribution in [0.25, 0.3) is 11.1 Å². The molecule has 3 aromatic rings. The van der Waals surface area contributed by atoms with Gasteiger partial charge in [0.2, 0.25) is 0 Å². The summed E-state index contributed by atoms with van der Waals surface area (Å²) in [5.41, 5.74) is 3.59. The maximum atomic E-state index is 13.2. The number of carbonyl (C=O) groups is 2. The van der Waals surface area contributed by atoms with Crippen LogP contribution in [0.3, 0.4) is 0 Å². The number of carboxylic acids is 1. The maximum absolute atomic E-state index is 13.2. The molecule has 1 N–H and O–H groups in total. The van der Waals surface area contributed by atoms with Gasteiger partial charge in [0.05, 0.1) is 17.9 Å². The number of ether oxygens (including phenoxy) is 2. The molecule has 1 saturated heterocycles. The second kappa shape index (κ2) is 12.6. The maximum Gasteiger partial charge on any atom is 0.337 e. The number of rotatable bonds is 10. The first kappa shape index (κ1) is 31.2. The van der Waals surface area contributed by atoms with Gasteiger partial charge in [-0.3, -0.25) is 4.79 Å². The second-order valence-electron chi connectivity index (χ2n) is 12.7. The first-order chi connectivity index (χ1) is 19.8. The summed E-state index contributed by atoms with van der Waals surface area (Å²) in [6.45, 7) is 13.5. The molecule has 42 heavy (non-hydrogen) atoms. The van der Waals surface area contributed by atoms with Gasteiger partial charge < -0.3 is 19.5 Å². The molecule has 1 unspecified atom stereocenters. The van der Waals surface area contributed by atoms with Gasteiger partial charge in [-0.1, -0.05) is 38.1 Å². The van der Waals surface area contributed by atoms with Gasteiger partial charge in [-0.15, -0.1) is 0 Å². The second-order valence-corrected chi connectivity index (χ2v) is 12.7. The molecule has 2 heterocycles. The predicted octanol–water partition coefficient (Wildman–Crippen LogP) is 7.20. The van der Waals surface area contributed by atoms with Crippen molar-refractivity contribution in [3.8, 4) is 16.9 Å². The number of piperidine rings is 1. The number of pyridine rings is 1. The fourth-order valence-corrected chi connectivity index (χ4v) is 5.31. The molecule has 1 atom stereocenters. The number of hydrogen-bond donors (Lipinski definition) is 1. The molecule has 0 bridgehead atoms. The van der Waals surface area contributed by atoms with Gasteiger partial charge in [0, 0.05) is 36.3 Å². The highest BCUT2D eigenvalue weighted by Crippen LogP contribution is 2.45. The van der Waals surface area contributed by atoms with Crippen molar-refractivity contribution in [2.75, 3.05) is 24.6 Å². The minimum atomic E-state index is -1.27. The van der Waals surface area contributed by atoms with E-state index in [1.165, 1.54) is 12.1 Å². The van der Waals surface area contributed by atoms with E-state index in [-0.39, 0.29) is 16.9 Å². The number of carbonyl (C=O) groups excluding carboxylic acids is 1. The average molecular weight is 577 g/mol. The molecule has 0 aliphatic carbocycles. The molecular weight excluding hydrogens is 535 g/mol. The summed E-state index contributed by atoms with van der Waals surface area (Å²) in [4.78, 5) is 31.9. The Morgan fingerprint density at radius 1 is 1.10 bits per heavy atom. The van der Waals surface area contributed by atoms with Crippen LogP contribution in [0, 0.1) is 18.2 Å².